The van der Waals surface area contributed by atoms with Gasteiger partial charge in [0.15, 0.2) is 0 Å². The minimum Gasteiger partial charge on any atom is -0.497 e. The highest BCUT2D eigenvalue weighted by Crippen LogP contribution is 2.35. The van der Waals surface area contributed by atoms with Crippen LogP contribution in [0.1, 0.15) is 5.56 Å². The Balaban J connectivity index is 1.50. The molecule has 0 amide bonds. The second-order valence-corrected chi connectivity index (χ2v) is 8.30. The van der Waals surface area contributed by atoms with Crippen molar-refractivity contribution in [1.82, 2.24) is 9.97 Å². The van der Waals surface area contributed by atoms with Crippen molar-refractivity contribution in [3.63, 3.8) is 0 Å². The fraction of sp³-hybridized carbons (Fsp3) is 0.231. The maximum atomic E-state index is 6.28. The summed E-state index contributed by atoms with van der Waals surface area (Å²) in [5, 5.41) is 6.31. The Labute approximate surface area is 198 Å². The van der Waals surface area contributed by atoms with Gasteiger partial charge in [-0.1, -0.05) is 35.9 Å². The van der Waals surface area contributed by atoms with E-state index in [-0.39, 0.29) is 0 Å². The molecule has 1 aliphatic rings. The second kappa shape index (κ2) is 9.65. The number of nitrogens with one attached hydrogen (secondary N) is 1. The maximum absolute atomic E-state index is 6.28. The van der Waals surface area contributed by atoms with E-state index >= 15 is 0 Å². The molecule has 1 aliphatic heterocycles. The zero-order valence-electron chi connectivity index (χ0n) is 18.4. The first-order chi connectivity index (χ1) is 16.2. The summed E-state index contributed by atoms with van der Waals surface area (Å²) < 4.78 is 11.1. The standard InChI is InChI=1S/C26H25ClN4O2/c1-32-21-7-6-18-14-20(15-25(22(18)16-21)31-10-12-33-13-11-31)24-8-9-28-26(30-24)29-17-19-4-2-3-5-23(19)27/h2-9,14-16H,10-13,17H2,1H3,(H,28,29,30). The van der Waals surface area contributed by atoms with Crippen molar-refractivity contribution in [1.29, 1.82) is 0 Å². The van der Waals surface area contributed by atoms with Gasteiger partial charge in [0, 0.05) is 47.5 Å². The van der Waals surface area contributed by atoms with Crippen molar-refractivity contribution in [2.75, 3.05) is 43.6 Å². The number of nitrogens with zero attached hydrogens (tertiary/aromatic N) is 3. The fourth-order valence-corrected chi connectivity index (χ4v) is 4.28. The molecule has 1 aromatic heterocycles. The molecule has 5 rings (SSSR count). The summed E-state index contributed by atoms with van der Waals surface area (Å²) in [7, 11) is 1.70. The van der Waals surface area contributed by atoms with E-state index in [0.29, 0.717) is 12.5 Å². The van der Waals surface area contributed by atoms with Crippen LogP contribution in [-0.4, -0.2) is 43.4 Å². The van der Waals surface area contributed by atoms with Crippen molar-refractivity contribution in [2.24, 2.45) is 0 Å². The van der Waals surface area contributed by atoms with Crippen LogP contribution in [-0.2, 0) is 11.3 Å². The number of halogens is 1. The lowest BCUT2D eigenvalue weighted by atomic mass is 10.0. The van der Waals surface area contributed by atoms with Gasteiger partial charge in [0.2, 0.25) is 5.95 Å². The molecule has 168 valence electrons. The number of rotatable bonds is 6. The maximum Gasteiger partial charge on any atom is 0.223 e. The van der Waals surface area contributed by atoms with Gasteiger partial charge in [-0.05, 0) is 47.3 Å². The topological polar surface area (TPSA) is 59.5 Å². The van der Waals surface area contributed by atoms with Crippen molar-refractivity contribution in [3.05, 3.63) is 77.4 Å². The van der Waals surface area contributed by atoms with Gasteiger partial charge in [0.25, 0.3) is 0 Å². The molecule has 7 heteroatoms. The number of hydrogen-bond acceptors (Lipinski definition) is 6. The number of anilines is 2. The molecule has 0 aliphatic carbocycles. The largest absolute Gasteiger partial charge is 0.497 e. The molecule has 0 unspecified atom stereocenters. The summed E-state index contributed by atoms with van der Waals surface area (Å²) in [6.45, 7) is 3.70. The Morgan fingerprint density at radius 1 is 1.06 bits per heavy atom. The molecular formula is C26H25ClN4O2. The van der Waals surface area contributed by atoms with E-state index in [0.717, 1.165) is 70.4 Å². The number of morpholine rings is 1. The third kappa shape index (κ3) is 4.72. The minimum absolute atomic E-state index is 0.555. The lowest BCUT2D eigenvalue weighted by Crippen LogP contribution is -2.36. The van der Waals surface area contributed by atoms with Crippen LogP contribution in [0.4, 0.5) is 11.6 Å². The molecule has 2 heterocycles. The van der Waals surface area contributed by atoms with Gasteiger partial charge in [-0.25, -0.2) is 9.97 Å². The summed E-state index contributed by atoms with van der Waals surface area (Å²) in [5.74, 6) is 1.41. The molecule has 3 aromatic carbocycles. The second-order valence-electron chi connectivity index (χ2n) is 7.89. The van der Waals surface area contributed by atoms with Crippen LogP contribution in [0.25, 0.3) is 22.0 Å². The monoisotopic (exact) mass is 460 g/mol. The predicted octanol–water partition coefficient (Wildman–Crippen LogP) is 5.41. The minimum atomic E-state index is 0.555. The summed E-state index contributed by atoms with van der Waals surface area (Å²) >= 11 is 6.28. The van der Waals surface area contributed by atoms with E-state index < -0.39 is 0 Å². The van der Waals surface area contributed by atoms with Crippen molar-refractivity contribution in [2.45, 2.75) is 6.54 Å². The average Bonchev–Trinajstić information content (AvgIpc) is 2.88. The first-order valence-electron chi connectivity index (χ1n) is 11.0. The molecule has 0 radical (unpaired) electrons. The zero-order valence-corrected chi connectivity index (χ0v) is 19.2. The summed E-state index contributed by atoms with van der Waals surface area (Å²) in [6, 6.07) is 20.3. The number of methoxy groups -OCH3 is 1. The molecule has 0 atom stereocenters. The molecule has 0 spiro atoms. The Hall–Kier alpha value is -3.35. The van der Waals surface area contributed by atoms with Gasteiger partial charge >= 0.3 is 0 Å². The van der Waals surface area contributed by atoms with Gasteiger partial charge in [-0.2, -0.15) is 0 Å². The molecule has 33 heavy (non-hydrogen) atoms. The van der Waals surface area contributed by atoms with Crippen molar-refractivity contribution in [3.8, 4) is 17.0 Å². The molecule has 6 nitrogen and oxygen atoms in total. The average molecular weight is 461 g/mol. The van der Waals surface area contributed by atoms with Crippen LogP contribution in [0.2, 0.25) is 5.02 Å². The highest BCUT2D eigenvalue weighted by Gasteiger charge is 2.17. The highest BCUT2D eigenvalue weighted by molar-refractivity contribution is 6.31. The van der Waals surface area contributed by atoms with Gasteiger partial charge in [-0.15, -0.1) is 0 Å². The van der Waals surface area contributed by atoms with Gasteiger partial charge in [0.05, 0.1) is 26.0 Å². The number of aromatic nitrogens is 2. The van der Waals surface area contributed by atoms with Gasteiger partial charge in [0.1, 0.15) is 5.75 Å². The number of hydrogen-bond donors (Lipinski definition) is 1. The third-order valence-corrected chi connectivity index (χ3v) is 6.21. The zero-order chi connectivity index (χ0) is 22.6. The quantitative estimate of drug-likeness (QED) is 0.415. The highest BCUT2D eigenvalue weighted by atomic mass is 35.5. The molecule has 0 saturated carbocycles. The van der Waals surface area contributed by atoms with Gasteiger partial charge < -0.3 is 19.7 Å². The van der Waals surface area contributed by atoms with Crippen molar-refractivity contribution < 1.29 is 9.47 Å². The van der Waals surface area contributed by atoms with E-state index in [1.165, 1.54) is 0 Å². The lowest BCUT2D eigenvalue weighted by Gasteiger charge is -2.30. The van der Waals surface area contributed by atoms with Crippen LogP contribution in [0, 0.1) is 0 Å². The molecular weight excluding hydrogens is 436 g/mol. The Bertz CT molecular complexity index is 1270. The lowest BCUT2D eigenvalue weighted by molar-refractivity contribution is 0.123. The molecule has 0 bridgehead atoms. The van der Waals surface area contributed by atoms with E-state index in [2.05, 4.69) is 39.5 Å². The van der Waals surface area contributed by atoms with Crippen LogP contribution in [0.3, 0.4) is 0 Å². The number of benzene rings is 3. The molecule has 1 N–H and O–H groups in total. The fourth-order valence-electron chi connectivity index (χ4n) is 4.08. The SMILES string of the molecule is COc1ccc2cc(-c3ccnc(NCc4ccccc4Cl)n3)cc(N3CCOCC3)c2c1. The summed E-state index contributed by atoms with van der Waals surface area (Å²) in [6.07, 6.45) is 1.78. The van der Waals surface area contributed by atoms with Crippen LogP contribution >= 0.6 is 11.6 Å². The predicted molar refractivity (Wildman–Crippen MR) is 133 cm³/mol. The van der Waals surface area contributed by atoms with E-state index in [4.69, 9.17) is 26.1 Å². The first kappa shape index (κ1) is 21.5. The Morgan fingerprint density at radius 2 is 1.91 bits per heavy atom. The first-order valence-corrected chi connectivity index (χ1v) is 11.3. The Morgan fingerprint density at radius 3 is 2.73 bits per heavy atom. The summed E-state index contributed by atoms with van der Waals surface area (Å²) in [4.78, 5) is 11.5. The summed E-state index contributed by atoms with van der Waals surface area (Å²) in [5.41, 5.74) is 4.06. The van der Waals surface area contributed by atoms with Crippen LogP contribution in [0.15, 0.2) is 66.9 Å². The molecule has 1 fully saturated rings. The number of fused-ring (bicyclic) bond motifs is 1. The van der Waals surface area contributed by atoms with E-state index in [9.17, 15) is 0 Å². The van der Waals surface area contributed by atoms with Crippen LogP contribution < -0.4 is 15.0 Å². The normalized spacial score (nSPS) is 13.8. The van der Waals surface area contributed by atoms with Gasteiger partial charge in [-0.3, -0.25) is 0 Å². The van der Waals surface area contributed by atoms with E-state index in [1.54, 1.807) is 13.3 Å². The van der Waals surface area contributed by atoms with Crippen molar-refractivity contribution >= 4 is 34.0 Å². The molecule has 4 aromatic rings. The van der Waals surface area contributed by atoms with Crippen LogP contribution in [0.5, 0.6) is 5.75 Å². The van der Waals surface area contributed by atoms with E-state index in [1.807, 2.05) is 36.4 Å². The number of ether oxygens (including phenoxy) is 2. The third-order valence-electron chi connectivity index (χ3n) is 5.84. The molecule has 1 saturated heterocycles. The Kier molecular flexibility index (Phi) is 6.28. The smallest absolute Gasteiger partial charge is 0.223 e.